The lowest BCUT2D eigenvalue weighted by molar-refractivity contribution is 0.0348. The highest BCUT2D eigenvalue weighted by atomic mass is 32.1. The van der Waals surface area contributed by atoms with E-state index in [1.165, 1.54) is 11.3 Å². The van der Waals surface area contributed by atoms with Gasteiger partial charge in [0, 0.05) is 43.7 Å². The van der Waals surface area contributed by atoms with Crippen LogP contribution in [0.25, 0.3) is 0 Å². The summed E-state index contributed by atoms with van der Waals surface area (Å²) in [6.45, 7) is 3.70. The molecule has 1 unspecified atom stereocenters. The lowest BCUT2D eigenvalue weighted by Gasteiger charge is -2.30. The maximum atomic E-state index is 12.8. The minimum atomic E-state index is -0.0275. The van der Waals surface area contributed by atoms with Crippen LogP contribution in [0, 0.1) is 11.3 Å². The Labute approximate surface area is 186 Å². The van der Waals surface area contributed by atoms with Crippen LogP contribution < -0.4 is 5.32 Å². The molecule has 4 rings (SSSR count). The van der Waals surface area contributed by atoms with Crippen LogP contribution in [-0.2, 0) is 4.74 Å². The van der Waals surface area contributed by atoms with Crippen molar-refractivity contribution in [3.63, 3.8) is 0 Å². The first-order valence-electron chi connectivity index (χ1n) is 10.8. The van der Waals surface area contributed by atoms with E-state index in [2.05, 4.69) is 21.3 Å². The molecule has 0 bridgehead atoms. The molecule has 8 nitrogen and oxygen atoms in total. The van der Waals surface area contributed by atoms with E-state index >= 15 is 0 Å². The highest BCUT2D eigenvalue weighted by Crippen LogP contribution is 2.28. The molecule has 1 N–H and O–H groups in total. The summed E-state index contributed by atoms with van der Waals surface area (Å²) in [5.41, 5.74) is 1.50. The zero-order chi connectivity index (χ0) is 21.6. The van der Waals surface area contributed by atoms with Crippen LogP contribution in [-0.4, -0.2) is 71.6 Å². The predicted octanol–water partition coefficient (Wildman–Crippen LogP) is 3.24. The number of pyridine rings is 1. The molecule has 31 heavy (non-hydrogen) atoms. The summed E-state index contributed by atoms with van der Waals surface area (Å²) in [5.74, 6) is 1.02. The van der Waals surface area contributed by atoms with E-state index in [0.29, 0.717) is 36.4 Å². The Morgan fingerprint density at radius 1 is 1.29 bits per heavy atom. The largest absolute Gasteiger partial charge is 0.381 e. The molecule has 0 spiro atoms. The summed E-state index contributed by atoms with van der Waals surface area (Å²) in [6.07, 6.45) is 4.12. The monoisotopic (exact) mass is 440 g/mol. The minimum absolute atomic E-state index is 0.0275. The normalized spacial score (nSPS) is 20.4. The molecular formula is C22H28N6O2S. The number of hydrogen-bond donors (Lipinski definition) is 1. The fourth-order valence-electron chi connectivity index (χ4n) is 4.28. The van der Waals surface area contributed by atoms with E-state index in [0.717, 1.165) is 50.3 Å². The summed E-state index contributed by atoms with van der Waals surface area (Å²) in [4.78, 5) is 26.1. The zero-order valence-corrected chi connectivity index (χ0v) is 18.6. The molecule has 2 aliphatic rings. The number of hydrogen-bond acceptors (Lipinski definition) is 8. The third kappa shape index (κ3) is 5.39. The molecule has 0 aromatic carbocycles. The fraction of sp³-hybridized carbons (Fsp3) is 0.545. The van der Waals surface area contributed by atoms with Crippen LogP contribution >= 0.6 is 11.3 Å². The van der Waals surface area contributed by atoms with Gasteiger partial charge in [0.25, 0.3) is 5.91 Å². The number of amides is 1. The number of likely N-dealkylation sites (tertiary alicyclic amines) is 2. The Hall–Kier alpha value is -2.54. The predicted molar refractivity (Wildman–Crippen MR) is 120 cm³/mol. The summed E-state index contributed by atoms with van der Waals surface area (Å²) in [6, 6.07) is 8.20. The second kappa shape index (κ2) is 10.2. The second-order valence-electron chi connectivity index (χ2n) is 8.07. The average Bonchev–Trinajstić information content (AvgIpc) is 3.28. The van der Waals surface area contributed by atoms with Gasteiger partial charge in [0.15, 0.2) is 5.13 Å². The van der Waals surface area contributed by atoms with Crippen LogP contribution in [0.3, 0.4) is 0 Å². The van der Waals surface area contributed by atoms with Crippen molar-refractivity contribution in [1.82, 2.24) is 19.8 Å². The lowest BCUT2D eigenvalue weighted by atomic mass is 9.94. The quantitative estimate of drug-likeness (QED) is 0.689. The highest BCUT2D eigenvalue weighted by Gasteiger charge is 2.25. The van der Waals surface area contributed by atoms with E-state index in [1.807, 2.05) is 23.1 Å². The first-order valence-corrected chi connectivity index (χ1v) is 11.6. The second-order valence-corrected chi connectivity index (χ2v) is 8.93. The van der Waals surface area contributed by atoms with Gasteiger partial charge in [0.2, 0.25) is 0 Å². The van der Waals surface area contributed by atoms with Gasteiger partial charge in [-0.3, -0.25) is 9.69 Å². The van der Waals surface area contributed by atoms with E-state index in [4.69, 9.17) is 15.0 Å². The van der Waals surface area contributed by atoms with Gasteiger partial charge in [-0.05, 0) is 44.4 Å². The molecule has 2 aromatic heterocycles. The molecule has 4 heterocycles. The first-order chi connectivity index (χ1) is 15.2. The summed E-state index contributed by atoms with van der Waals surface area (Å²) in [7, 11) is 1.72. The molecule has 2 aliphatic heterocycles. The Morgan fingerprint density at radius 2 is 2.13 bits per heavy atom. The fourth-order valence-corrected chi connectivity index (χ4v) is 4.98. The Bertz CT molecular complexity index is 934. The molecule has 2 saturated heterocycles. The SMILES string of the molecule is COC1CCN(C(=O)c2csc(Nc3cccc(C4CCCN(CC#N)C4)n3)n2)CC1. The first kappa shape index (κ1) is 21.7. The summed E-state index contributed by atoms with van der Waals surface area (Å²) < 4.78 is 5.38. The molecule has 164 valence electrons. The molecule has 0 aliphatic carbocycles. The number of piperidine rings is 2. The van der Waals surface area contributed by atoms with Crippen LogP contribution in [0.2, 0.25) is 0 Å². The number of aromatic nitrogens is 2. The number of rotatable bonds is 6. The standard InChI is InChI=1S/C22H28N6O2S/c1-30-17-7-11-28(12-8-17)21(29)19-15-31-22(25-19)26-20-6-2-5-18(24-20)16-4-3-10-27(14-16)13-9-23/h2,5-6,15-17H,3-4,7-8,10-14H2,1H3,(H,24,25,26). The van der Waals surface area contributed by atoms with Gasteiger partial charge in [-0.1, -0.05) is 6.07 Å². The molecule has 9 heteroatoms. The molecule has 1 amide bonds. The molecular weight excluding hydrogens is 412 g/mol. The molecule has 0 radical (unpaired) electrons. The number of thiazole rings is 1. The number of ether oxygens (including phenoxy) is 1. The van der Waals surface area contributed by atoms with E-state index < -0.39 is 0 Å². The number of methoxy groups -OCH3 is 1. The van der Waals surface area contributed by atoms with Gasteiger partial charge < -0.3 is 15.0 Å². The van der Waals surface area contributed by atoms with Crippen molar-refractivity contribution in [2.24, 2.45) is 0 Å². The van der Waals surface area contributed by atoms with Crippen molar-refractivity contribution in [2.75, 3.05) is 45.2 Å². The maximum absolute atomic E-state index is 12.8. The number of anilines is 2. The Balaban J connectivity index is 1.38. The minimum Gasteiger partial charge on any atom is -0.381 e. The highest BCUT2D eigenvalue weighted by molar-refractivity contribution is 7.14. The number of carbonyl (C=O) groups excluding carboxylic acids is 1. The summed E-state index contributed by atoms with van der Waals surface area (Å²) >= 11 is 1.41. The Kier molecular flexibility index (Phi) is 7.12. The third-order valence-corrected chi connectivity index (χ3v) is 6.77. The molecule has 0 saturated carbocycles. The summed E-state index contributed by atoms with van der Waals surface area (Å²) in [5, 5.41) is 14.7. The van der Waals surface area contributed by atoms with Crippen molar-refractivity contribution in [1.29, 1.82) is 5.26 Å². The number of nitrogens with one attached hydrogen (secondary N) is 1. The van der Waals surface area contributed by atoms with Crippen LogP contribution in [0.4, 0.5) is 10.9 Å². The lowest BCUT2D eigenvalue weighted by Crippen LogP contribution is -2.40. The van der Waals surface area contributed by atoms with Crippen molar-refractivity contribution in [2.45, 2.75) is 37.7 Å². The van der Waals surface area contributed by atoms with E-state index in [-0.39, 0.29) is 12.0 Å². The van der Waals surface area contributed by atoms with Crippen molar-refractivity contribution < 1.29 is 9.53 Å². The van der Waals surface area contributed by atoms with Crippen LogP contribution in [0.1, 0.15) is 47.8 Å². The van der Waals surface area contributed by atoms with Crippen LogP contribution in [0.15, 0.2) is 23.6 Å². The molecule has 2 fully saturated rings. The van der Waals surface area contributed by atoms with E-state index in [1.54, 1.807) is 12.5 Å². The Morgan fingerprint density at radius 3 is 2.90 bits per heavy atom. The van der Waals surface area contributed by atoms with E-state index in [9.17, 15) is 4.79 Å². The number of nitriles is 1. The van der Waals surface area contributed by atoms with Crippen molar-refractivity contribution >= 4 is 28.2 Å². The van der Waals surface area contributed by atoms with Gasteiger partial charge in [0.1, 0.15) is 11.5 Å². The van der Waals surface area contributed by atoms with Gasteiger partial charge in [0.05, 0.1) is 18.7 Å². The smallest absolute Gasteiger partial charge is 0.273 e. The third-order valence-electron chi connectivity index (χ3n) is 6.01. The van der Waals surface area contributed by atoms with Gasteiger partial charge in [-0.15, -0.1) is 11.3 Å². The number of carbonyl (C=O) groups is 1. The molecule has 1 atom stereocenters. The average molecular weight is 441 g/mol. The van der Waals surface area contributed by atoms with Crippen molar-refractivity contribution in [3.8, 4) is 6.07 Å². The molecule has 2 aromatic rings. The van der Waals surface area contributed by atoms with Gasteiger partial charge >= 0.3 is 0 Å². The van der Waals surface area contributed by atoms with Crippen LogP contribution in [0.5, 0.6) is 0 Å². The van der Waals surface area contributed by atoms with Gasteiger partial charge in [-0.25, -0.2) is 9.97 Å². The van der Waals surface area contributed by atoms with Crippen molar-refractivity contribution in [3.05, 3.63) is 35.0 Å². The maximum Gasteiger partial charge on any atom is 0.273 e. The van der Waals surface area contributed by atoms with Gasteiger partial charge in [-0.2, -0.15) is 5.26 Å². The number of nitrogens with zero attached hydrogens (tertiary/aromatic N) is 5. The zero-order valence-electron chi connectivity index (χ0n) is 17.8. The topological polar surface area (TPSA) is 94.4 Å².